The van der Waals surface area contributed by atoms with Gasteiger partial charge in [0.25, 0.3) is 5.91 Å². The minimum Gasteiger partial charge on any atom is -0.384 e. The van der Waals surface area contributed by atoms with Crippen molar-refractivity contribution < 1.29 is 18.7 Å². The van der Waals surface area contributed by atoms with Crippen LogP contribution in [0.5, 0.6) is 0 Å². The topological polar surface area (TPSA) is 62.2 Å². The third-order valence-corrected chi connectivity index (χ3v) is 2.55. The number of halogens is 2. The summed E-state index contributed by atoms with van der Waals surface area (Å²) in [5.41, 5.74) is 0.116. The highest BCUT2D eigenvalue weighted by molar-refractivity contribution is 6.06. The fourth-order valence-corrected chi connectivity index (χ4v) is 1.61. The molecule has 2 rings (SSSR count). The van der Waals surface area contributed by atoms with E-state index in [9.17, 15) is 13.6 Å². The number of aliphatic hydroxyl groups is 1. The van der Waals surface area contributed by atoms with E-state index in [1.54, 1.807) is 0 Å². The highest BCUT2D eigenvalue weighted by atomic mass is 19.1. The molecular weight excluding hydrogens is 278 g/mol. The number of anilines is 1. The third kappa shape index (κ3) is 3.61. The Bertz CT molecular complexity index is 736. The molecule has 1 amide bonds. The van der Waals surface area contributed by atoms with Gasteiger partial charge in [0.05, 0.1) is 17.4 Å². The fraction of sp³-hybridized carbons (Fsp3) is 0.0667. The molecule has 0 spiro atoms. The maximum absolute atomic E-state index is 13.4. The molecular formula is C15H10F2N2O2. The quantitative estimate of drug-likeness (QED) is 0.830. The number of benzene rings is 1. The third-order valence-electron chi connectivity index (χ3n) is 2.55. The Labute approximate surface area is 119 Å². The predicted molar refractivity (Wildman–Crippen MR) is 72.5 cm³/mol. The Morgan fingerprint density at radius 2 is 2.14 bits per heavy atom. The van der Waals surface area contributed by atoms with Crippen LogP contribution in [0.1, 0.15) is 15.9 Å². The van der Waals surface area contributed by atoms with Crippen LogP contribution in [0.4, 0.5) is 14.5 Å². The van der Waals surface area contributed by atoms with Crippen LogP contribution < -0.4 is 5.32 Å². The lowest BCUT2D eigenvalue weighted by molar-refractivity contribution is 0.102. The smallest absolute Gasteiger partial charge is 0.257 e. The van der Waals surface area contributed by atoms with Crippen molar-refractivity contribution in [2.45, 2.75) is 0 Å². The molecule has 0 saturated heterocycles. The summed E-state index contributed by atoms with van der Waals surface area (Å²) in [5, 5.41) is 11.0. The first-order valence-corrected chi connectivity index (χ1v) is 5.92. The molecule has 1 aromatic heterocycles. The zero-order valence-electron chi connectivity index (χ0n) is 10.7. The van der Waals surface area contributed by atoms with Crippen LogP contribution in [0, 0.1) is 23.5 Å². The number of pyridine rings is 1. The van der Waals surface area contributed by atoms with Crippen molar-refractivity contribution in [3.05, 3.63) is 59.4 Å². The fourth-order valence-electron chi connectivity index (χ4n) is 1.61. The van der Waals surface area contributed by atoms with Gasteiger partial charge < -0.3 is 10.4 Å². The lowest BCUT2D eigenvalue weighted by Gasteiger charge is -2.07. The number of amides is 1. The van der Waals surface area contributed by atoms with Crippen LogP contribution in [-0.2, 0) is 0 Å². The zero-order valence-corrected chi connectivity index (χ0v) is 10.7. The van der Waals surface area contributed by atoms with Gasteiger partial charge in [0, 0.05) is 11.8 Å². The number of hydrogen-bond acceptors (Lipinski definition) is 3. The van der Waals surface area contributed by atoms with Gasteiger partial charge in [0.1, 0.15) is 12.4 Å². The number of aromatic nitrogens is 1. The summed E-state index contributed by atoms with van der Waals surface area (Å²) in [6.45, 7) is -0.391. The van der Waals surface area contributed by atoms with E-state index < -0.39 is 24.1 Å². The van der Waals surface area contributed by atoms with E-state index in [-0.39, 0.29) is 16.8 Å². The van der Waals surface area contributed by atoms with Gasteiger partial charge in [-0.15, -0.1) is 0 Å². The molecule has 0 aliphatic heterocycles. The van der Waals surface area contributed by atoms with Gasteiger partial charge in [0.2, 0.25) is 0 Å². The molecule has 0 fully saturated rings. The Morgan fingerprint density at radius 1 is 1.33 bits per heavy atom. The Balaban J connectivity index is 2.34. The van der Waals surface area contributed by atoms with E-state index in [0.717, 1.165) is 18.3 Å². The van der Waals surface area contributed by atoms with Gasteiger partial charge in [-0.1, -0.05) is 11.8 Å². The Kier molecular flexibility index (Phi) is 4.59. The maximum atomic E-state index is 13.4. The van der Waals surface area contributed by atoms with Gasteiger partial charge in [-0.25, -0.2) is 8.78 Å². The first kappa shape index (κ1) is 14.6. The molecule has 0 saturated carbocycles. The summed E-state index contributed by atoms with van der Waals surface area (Å²) in [5.74, 6) is 2.88. The average Bonchev–Trinajstić information content (AvgIpc) is 2.48. The molecule has 0 unspecified atom stereocenters. The van der Waals surface area contributed by atoms with Crippen LogP contribution in [0.15, 0.2) is 36.7 Å². The first-order valence-electron chi connectivity index (χ1n) is 5.92. The van der Waals surface area contributed by atoms with Gasteiger partial charge >= 0.3 is 0 Å². The van der Waals surface area contributed by atoms with E-state index in [1.807, 2.05) is 0 Å². The molecule has 0 bridgehead atoms. The molecule has 0 atom stereocenters. The number of nitrogens with one attached hydrogen (secondary N) is 1. The highest BCUT2D eigenvalue weighted by Gasteiger charge is 2.13. The Morgan fingerprint density at radius 3 is 2.86 bits per heavy atom. The van der Waals surface area contributed by atoms with Gasteiger partial charge in [-0.05, 0) is 24.3 Å². The van der Waals surface area contributed by atoms with Crippen molar-refractivity contribution in [3.8, 4) is 11.8 Å². The van der Waals surface area contributed by atoms with Crippen LogP contribution in [0.2, 0.25) is 0 Å². The Hall–Kier alpha value is -2.78. The lowest BCUT2D eigenvalue weighted by Crippen LogP contribution is -2.15. The molecule has 0 aliphatic rings. The second-order valence-electron chi connectivity index (χ2n) is 3.96. The number of nitrogens with zero attached hydrogens (tertiary/aromatic N) is 1. The van der Waals surface area contributed by atoms with Crippen LogP contribution in [0.25, 0.3) is 0 Å². The van der Waals surface area contributed by atoms with Crippen molar-refractivity contribution >= 4 is 11.6 Å². The number of carbonyl (C=O) groups is 1. The van der Waals surface area contributed by atoms with E-state index in [1.165, 1.54) is 18.3 Å². The zero-order chi connectivity index (χ0) is 15.2. The minimum absolute atomic E-state index is 0.0489. The van der Waals surface area contributed by atoms with Crippen molar-refractivity contribution in [2.24, 2.45) is 0 Å². The van der Waals surface area contributed by atoms with Crippen molar-refractivity contribution in [2.75, 3.05) is 11.9 Å². The molecule has 2 aromatic rings. The predicted octanol–water partition coefficient (Wildman–Crippen LogP) is 1.96. The summed E-state index contributed by atoms with van der Waals surface area (Å²) in [6.07, 6.45) is 2.27. The number of hydrogen-bond donors (Lipinski definition) is 2. The second kappa shape index (κ2) is 6.59. The van der Waals surface area contributed by atoms with Crippen molar-refractivity contribution in [1.29, 1.82) is 0 Å². The summed E-state index contributed by atoms with van der Waals surface area (Å²) >= 11 is 0. The molecule has 1 aromatic carbocycles. The summed E-state index contributed by atoms with van der Waals surface area (Å²) in [6, 6.07) is 4.74. The molecule has 21 heavy (non-hydrogen) atoms. The normalized spacial score (nSPS) is 9.67. The molecule has 0 aliphatic carbocycles. The average molecular weight is 288 g/mol. The summed E-state index contributed by atoms with van der Waals surface area (Å²) in [4.78, 5) is 15.7. The highest BCUT2D eigenvalue weighted by Crippen LogP contribution is 2.16. The summed E-state index contributed by atoms with van der Waals surface area (Å²) in [7, 11) is 0. The molecule has 1 heterocycles. The van der Waals surface area contributed by atoms with Gasteiger partial charge in [0.15, 0.2) is 5.82 Å². The number of rotatable bonds is 2. The van der Waals surface area contributed by atoms with E-state index in [0.29, 0.717) is 0 Å². The van der Waals surface area contributed by atoms with E-state index in [4.69, 9.17) is 5.11 Å². The van der Waals surface area contributed by atoms with Crippen molar-refractivity contribution in [3.63, 3.8) is 0 Å². The monoisotopic (exact) mass is 288 g/mol. The van der Waals surface area contributed by atoms with Crippen LogP contribution in [-0.4, -0.2) is 22.6 Å². The van der Waals surface area contributed by atoms with Crippen molar-refractivity contribution in [1.82, 2.24) is 4.98 Å². The van der Waals surface area contributed by atoms with Crippen LogP contribution in [0.3, 0.4) is 0 Å². The molecule has 6 heteroatoms. The minimum atomic E-state index is -0.707. The molecule has 2 N–H and O–H groups in total. The standard InChI is InChI=1S/C15H10F2N2O2/c16-11-4-3-10(2-1-7-20)12(8-11)15(21)19-14-5-6-18-9-13(14)17/h3-6,8-9,20H,7H2,(H,18,19,21). The number of aliphatic hydroxyl groups excluding tert-OH is 1. The number of carbonyl (C=O) groups excluding carboxylic acids is 1. The first-order chi connectivity index (χ1) is 10.1. The SMILES string of the molecule is O=C(Nc1ccncc1F)c1cc(F)ccc1C#CCO. The molecule has 0 radical (unpaired) electrons. The largest absolute Gasteiger partial charge is 0.384 e. The van der Waals surface area contributed by atoms with Gasteiger partial charge in [-0.2, -0.15) is 0 Å². The lowest BCUT2D eigenvalue weighted by atomic mass is 10.1. The van der Waals surface area contributed by atoms with E-state index >= 15 is 0 Å². The summed E-state index contributed by atoms with van der Waals surface area (Å²) < 4.78 is 26.7. The van der Waals surface area contributed by atoms with Gasteiger partial charge in [-0.3, -0.25) is 9.78 Å². The van der Waals surface area contributed by atoms with Crippen LogP contribution >= 0.6 is 0 Å². The molecule has 4 nitrogen and oxygen atoms in total. The maximum Gasteiger partial charge on any atom is 0.257 e. The molecule has 106 valence electrons. The second-order valence-corrected chi connectivity index (χ2v) is 3.96. The van der Waals surface area contributed by atoms with E-state index in [2.05, 4.69) is 22.1 Å².